The Hall–Kier alpha value is -0.160. The lowest BCUT2D eigenvalue weighted by molar-refractivity contribution is -0.250. The molecule has 8 aliphatic carbocycles. The van der Waals surface area contributed by atoms with Crippen molar-refractivity contribution in [1.82, 2.24) is 9.80 Å². The van der Waals surface area contributed by atoms with Crippen molar-refractivity contribution in [2.24, 2.45) is 34.5 Å². The highest BCUT2D eigenvalue weighted by Crippen LogP contribution is 2.77. The molecule has 10 rings (SSSR count). The van der Waals surface area contributed by atoms with Crippen molar-refractivity contribution in [3.8, 4) is 0 Å². The van der Waals surface area contributed by atoms with Crippen molar-refractivity contribution in [1.29, 1.82) is 0 Å². The third-order valence-corrected chi connectivity index (χ3v) is 12.5. The van der Waals surface area contributed by atoms with Crippen LogP contribution in [0, 0.1) is 34.5 Å². The molecule has 2 saturated heterocycles. The average Bonchev–Trinajstić information content (AvgIpc) is 2.79. The number of morpholine rings is 2. The van der Waals surface area contributed by atoms with E-state index in [1.807, 2.05) is 0 Å². The first-order valence-corrected chi connectivity index (χ1v) is 14.3. The maximum Gasteiger partial charge on any atom is 0.0594 e. The molecule has 10 fully saturated rings. The fraction of sp³-hybridized carbons (Fsp3) is 1.00. The highest BCUT2D eigenvalue weighted by atomic mass is 16.5. The van der Waals surface area contributed by atoms with Crippen LogP contribution in [0.3, 0.4) is 0 Å². The maximum atomic E-state index is 5.81. The van der Waals surface area contributed by atoms with Gasteiger partial charge in [0.15, 0.2) is 0 Å². The summed E-state index contributed by atoms with van der Waals surface area (Å²) in [5.41, 5.74) is 2.38. The number of hydrogen-bond acceptors (Lipinski definition) is 4. The van der Waals surface area contributed by atoms with Crippen molar-refractivity contribution >= 4 is 0 Å². The van der Waals surface area contributed by atoms with Gasteiger partial charge in [0, 0.05) is 37.3 Å². The van der Waals surface area contributed by atoms with Gasteiger partial charge in [0.25, 0.3) is 0 Å². The van der Waals surface area contributed by atoms with Crippen LogP contribution in [-0.4, -0.2) is 73.5 Å². The van der Waals surface area contributed by atoms with Gasteiger partial charge in [0.05, 0.1) is 26.4 Å². The molecule has 32 heavy (non-hydrogen) atoms. The summed E-state index contributed by atoms with van der Waals surface area (Å²) in [5, 5.41) is 0. The smallest absolute Gasteiger partial charge is 0.0594 e. The Morgan fingerprint density at radius 1 is 0.469 bits per heavy atom. The highest BCUT2D eigenvalue weighted by Gasteiger charge is 2.71. The van der Waals surface area contributed by atoms with Crippen LogP contribution in [0.2, 0.25) is 0 Å². The van der Waals surface area contributed by atoms with Crippen LogP contribution in [-0.2, 0) is 9.47 Å². The van der Waals surface area contributed by atoms with Gasteiger partial charge in [-0.05, 0) is 112 Å². The molecule has 4 heteroatoms. The highest BCUT2D eigenvalue weighted by molar-refractivity contribution is 5.23. The monoisotopic (exact) mass is 440 g/mol. The summed E-state index contributed by atoms with van der Waals surface area (Å²) in [6.07, 6.45) is 18.6. The van der Waals surface area contributed by atoms with E-state index < -0.39 is 0 Å². The first-order valence-electron chi connectivity index (χ1n) is 14.3. The van der Waals surface area contributed by atoms with Crippen LogP contribution in [0.4, 0.5) is 0 Å². The molecule has 0 aromatic rings. The number of hydrogen-bond donors (Lipinski definition) is 0. The molecule has 4 unspecified atom stereocenters. The molecule has 0 amide bonds. The van der Waals surface area contributed by atoms with E-state index in [4.69, 9.17) is 9.47 Å². The topological polar surface area (TPSA) is 24.9 Å². The molecule has 0 radical (unpaired) electrons. The van der Waals surface area contributed by atoms with Crippen LogP contribution in [0.5, 0.6) is 0 Å². The van der Waals surface area contributed by atoms with Crippen molar-refractivity contribution < 1.29 is 9.47 Å². The molecule has 4 nitrogen and oxygen atoms in total. The molecule has 2 heterocycles. The minimum atomic E-state index is 0.531. The molecular weight excluding hydrogens is 396 g/mol. The predicted molar refractivity (Wildman–Crippen MR) is 124 cm³/mol. The number of rotatable bonds is 3. The zero-order chi connectivity index (χ0) is 21.0. The Bertz CT molecular complexity index is 677. The summed E-state index contributed by atoms with van der Waals surface area (Å²) < 4.78 is 11.6. The van der Waals surface area contributed by atoms with Crippen molar-refractivity contribution in [2.45, 2.75) is 88.1 Å². The van der Waals surface area contributed by atoms with Crippen LogP contribution < -0.4 is 0 Å². The minimum Gasteiger partial charge on any atom is -0.379 e. The molecule has 0 aromatic heterocycles. The summed E-state index contributed by atoms with van der Waals surface area (Å²) in [5.74, 6) is 4.08. The van der Waals surface area contributed by atoms with Gasteiger partial charge in [-0.1, -0.05) is 0 Å². The maximum absolute atomic E-state index is 5.81. The van der Waals surface area contributed by atoms with E-state index in [0.717, 1.165) is 50.1 Å². The third kappa shape index (κ3) is 2.65. The second-order valence-electron chi connectivity index (χ2n) is 14.1. The average molecular weight is 441 g/mol. The normalized spacial score (nSPS) is 57.4. The van der Waals surface area contributed by atoms with Gasteiger partial charge in [-0.3, -0.25) is 9.80 Å². The standard InChI is InChI=1S/C28H44N2O2/c1-5-31-6-2-29(1)27-15-21-9-22(16-27)12-25(11-21,19-27)26-13-23-10-24(14-26)18-28(17-23,20-26)30-3-7-32-8-4-30/h21-24H,1-20H2. The Balaban J connectivity index is 1.18. The fourth-order valence-electron chi connectivity index (χ4n) is 12.5. The molecule has 178 valence electrons. The van der Waals surface area contributed by atoms with E-state index >= 15 is 0 Å². The largest absolute Gasteiger partial charge is 0.379 e. The Labute approximate surface area is 194 Å². The van der Waals surface area contributed by atoms with E-state index in [1.54, 1.807) is 51.4 Å². The Morgan fingerprint density at radius 3 is 1.16 bits per heavy atom. The second kappa shape index (κ2) is 6.74. The SMILES string of the molecule is C1CN(C23CC4CC(C2)CC(C25CC6CC(CC(N7CCOCC7)(C6)C2)C5)(C4)C3)CCO1. The first kappa shape index (κ1) is 20.1. The summed E-state index contributed by atoms with van der Waals surface area (Å²) in [6, 6.07) is 0. The predicted octanol–water partition coefficient (Wildman–Crippen LogP) is 4.33. The molecule has 0 spiro atoms. The van der Waals surface area contributed by atoms with Gasteiger partial charge in [-0.25, -0.2) is 0 Å². The molecular formula is C28H44N2O2. The fourth-order valence-corrected chi connectivity index (χ4v) is 12.5. The molecule has 8 saturated carbocycles. The summed E-state index contributed by atoms with van der Waals surface area (Å²) >= 11 is 0. The summed E-state index contributed by atoms with van der Waals surface area (Å²) in [6.45, 7) is 8.69. The van der Waals surface area contributed by atoms with Gasteiger partial charge in [-0.15, -0.1) is 0 Å². The van der Waals surface area contributed by atoms with Gasteiger partial charge in [-0.2, -0.15) is 0 Å². The van der Waals surface area contributed by atoms with Crippen LogP contribution in [0.25, 0.3) is 0 Å². The van der Waals surface area contributed by atoms with Crippen molar-refractivity contribution in [3.05, 3.63) is 0 Å². The molecule has 2 aliphatic heterocycles. The van der Waals surface area contributed by atoms with Gasteiger partial charge in [0.2, 0.25) is 0 Å². The molecule has 10 aliphatic rings. The van der Waals surface area contributed by atoms with E-state index in [1.165, 1.54) is 51.9 Å². The molecule has 0 N–H and O–H groups in total. The van der Waals surface area contributed by atoms with Crippen LogP contribution in [0.1, 0.15) is 77.0 Å². The number of ether oxygens (including phenoxy) is 2. The van der Waals surface area contributed by atoms with E-state index in [-0.39, 0.29) is 0 Å². The van der Waals surface area contributed by atoms with E-state index in [0.29, 0.717) is 21.9 Å². The lowest BCUT2D eigenvalue weighted by Gasteiger charge is -2.75. The van der Waals surface area contributed by atoms with E-state index in [9.17, 15) is 0 Å². The molecule has 0 aromatic carbocycles. The van der Waals surface area contributed by atoms with Crippen LogP contribution in [0.15, 0.2) is 0 Å². The first-order chi connectivity index (χ1) is 15.6. The lowest BCUT2D eigenvalue weighted by atomic mass is 9.33. The summed E-state index contributed by atoms with van der Waals surface area (Å²) in [4.78, 5) is 5.92. The molecule has 4 atom stereocenters. The molecule has 8 bridgehead atoms. The second-order valence-corrected chi connectivity index (χ2v) is 14.1. The Morgan fingerprint density at radius 2 is 0.812 bits per heavy atom. The zero-order valence-electron chi connectivity index (χ0n) is 20.2. The van der Waals surface area contributed by atoms with Crippen molar-refractivity contribution in [3.63, 3.8) is 0 Å². The van der Waals surface area contributed by atoms with Gasteiger partial charge < -0.3 is 9.47 Å². The minimum absolute atomic E-state index is 0.531. The third-order valence-electron chi connectivity index (χ3n) is 12.5. The Kier molecular flexibility index (Phi) is 4.23. The van der Waals surface area contributed by atoms with Gasteiger partial charge >= 0.3 is 0 Å². The summed E-state index contributed by atoms with van der Waals surface area (Å²) in [7, 11) is 0. The van der Waals surface area contributed by atoms with Gasteiger partial charge in [0.1, 0.15) is 0 Å². The number of nitrogens with zero attached hydrogens (tertiary/aromatic N) is 2. The van der Waals surface area contributed by atoms with Crippen LogP contribution >= 0.6 is 0 Å². The zero-order valence-corrected chi connectivity index (χ0v) is 20.2. The van der Waals surface area contributed by atoms with Crippen molar-refractivity contribution in [2.75, 3.05) is 52.6 Å². The lowest BCUT2D eigenvalue weighted by Crippen LogP contribution is -2.72. The quantitative estimate of drug-likeness (QED) is 0.652. The van der Waals surface area contributed by atoms with E-state index in [2.05, 4.69) is 9.80 Å².